The van der Waals surface area contributed by atoms with E-state index in [4.69, 9.17) is 5.73 Å². The molecular weight excluding hydrogens is 228 g/mol. The molecule has 0 aliphatic rings. The molecular formula is C14H22N2O2. The van der Waals surface area contributed by atoms with Gasteiger partial charge in [-0.2, -0.15) is 0 Å². The number of amides is 1. The van der Waals surface area contributed by atoms with Crippen LogP contribution in [-0.2, 0) is 10.3 Å². The van der Waals surface area contributed by atoms with E-state index >= 15 is 0 Å². The molecule has 1 amide bonds. The zero-order valence-electron chi connectivity index (χ0n) is 11.2. The van der Waals surface area contributed by atoms with Crippen molar-refractivity contribution in [2.75, 3.05) is 0 Å². The van der Waals surface area contributed by atoms with E-state index in [1.54, 1.807) is 24.3 Å². The van der Waals surface area contributed by atoms with Gasteiger partial charge in [-0.05, 0) is 37.5 Å². The Labute approximate surface area is 108 Å². The predicted molar refractivity (Wildman–Crippen MR) is 72.2 cm³/mol. The lowest BCUT2D eigenvalue weighted by atomic mass is 9.85. The van der Waals surface area contributed by atoms with Crippen LogP contribution in [0.2, 0.25) is 0 Å². The fourth-order valence-electron chi connectivity index (χ4n) is 2.05. The van der Waals surface area contributed by atoms with E-state index in [0.29, 0.717) is 6.42 Å². The average Bonchev–Trinajstić information content (AvgIpc) is 2.36. The number of aromatic hydroxyl groups is 1. The topological polar surface area (TPSA) is 75.3 Å². The number of nitrogens with two attached hydrogens (primary N) is 1. The standard InChI is InChI=1S/C14H22N2O2/c1-4-10(3)16-14(5-2,13(15)18)11-6-8-12(17)9-7-11/h6-10,16-17H,4-5H2,1-3H3,(H2,15,18). The number of nitrogens with one attached hydrogen (secondary N) is 1. The molecule has 0 spiro atoms. The fraction of sp³-hybridized carbons (Fsp3) is 0.500. The van der Waals surface area contributed by atoms with Crippen LogP contribution in [0.4, 0.5) is 0 Å². The number of benzene rings is 1. The molecule has 0 aromatic heterocycles. The number of carbonyl (C=O) groups excluding carboxylic acids is 1. The lowest BCUT2D eigenvalue weighted by molar-refractivity contribution is -0.125. The van der Waals surface area contributed by atoms with E-state index in [0.717, 1.165) is 12.0 Å². The Bertz CT molecular complexity index is 403. The summed E-state index contributed by atoms with van der Waals surface area (Å²) in [6.45, 7) is 6.00. The number of primary amides is 1. The van der Waals surface area contributed by atoms with Crippen molar-refractivity contribution in [1.82, 2.24) is 5.32 Å². The van der Waals surface area contributed by atoms with Crippen LogP contribution >= 0.6 is 0 Å². The molecule has 100 valence electrons. The predicted octanol–water partition coefficient (Wildman–Crippen LogP) is 1.87. The van der Waals surface area contributed by atoms with Gasteiger partial charge < -0.3 is 10.8 Å². The van der Waals surface area contributed by atoms with Crippen molar-refractivity contribution in [3.63, 3.8) is 0 Å². The summed E-state index contributed by atoms with van der Waals surface area (Å²) in [6.07, 6.45) is 1.48. The average molecular weight is 250 g/mol. The van der Waals surface area contributed by atoms with Gasteiger partial charge in [-0.25, -0.2) is 0 Å². The van der Waals surface area contributed by atoms with Crippen LogP contribution in [0.3, 0.4) is 0 Å². The summed E-state index contributed by atoms with van der Waals surface area (Å²) in [5.74, 6) is -0.215. The highest BCUT2D eigenvalue weighted by molar-refractivity contribution is 5.86. The van der Waals surface area contributed by atoms with Crippen LogP contribution in [-0.4, -0.2) is 17.1 Å². The summed E-state index contributed by atoms with van der Waals surface area (Å²) in [5, 5.41) is 12.6. The Kier molecular flexibility index (Phi) is 4.73. The minimum Gasteiger partial charge on any atom is -0.508 e. The molecule has 0 aliphatic carbocycles. The summed E-state index contributed by atoms with van der Waals surface area (Å²) in [4.78, 5) is 11.9. The Morgan fingerprint density at radius 1 is 1.39 bits per heavy atom. The van der Waals surface area contributed by atoms with Crippen molar-refractivity contribution in [3.8, 4) is 5.75 Å². The van der Waals surface area contributed by atoms with Crippen LogP contribution in [0.1, 0.15) is 39.2 Å². The Hall–Kier alpha value is -1.55. The molecule has 0 heterocycles. The second-order valence-electron chi connectivity index (χ2n) is 4.62. The van der Waals surface area contributed by atoms with Gasteiger partial charge in [-0.3, -0.25) is 10.1 Å². The van der Waals surface area contributed by atoms with E-state index < -0.39 is 11.4 Å². The third kappa shape index (κ3) is 2.82. The van der Waals surface area contributed by atoms with Crippen molar-refractivity contribution in [2.45, 2.75) is 45.2 Å². The number of carbonyl (C=O) groups is 1. The van der Waals surface area contributed by atoms with Crippen LogP contribution in [0.15, 0.2) is 24.3 Å². The molecule has 0 aliphatic heterocycles. The van der Waals surface area contributed by atoms with Gasteiger partial charge in [0.05, 0.1) is 0 Å². The normalized spacial score (nSPS) is 15.9. The smallest absolute Gasteiger partial charge is 0.242 e. The molecule has 18 heavy (non-hydrogen) atoms. The molecule has 1 aromatic carbocycles. The SMILES string of the molecule is CCC(C)NC(CC)(C(N)=O)c1ccc(O)cc1. The van der Waals surface area contributed by atoms with E-state index in [2.05, 4.69) is 12.2 Å². The van der Waals surface area contributed by atoms with Gasteiger partial charge in [0.2, 0.25) is 5.91 Å². The van der Waals surface area contributed by atoms with Crippen LogP contribution < -0.4 is 11.1 Å². The molecule has 4 heteroatoms. The van der Waals surface area contributed by atoms with Crippen LogP contribution in [0.5, 0.6) is 5.75 Å². The number of phenolic OH excluding ortho intramolecular Hbond substituents is 1. The minimum absolute atomic E-state index is 0.178. The van der Waals surface area contributed by atoms with E-state index in [1.807, 2.05) is 13.8 Å². The lowest BCUT2D eigenvalue weighted by Crippen LogP contribution is -2.55. The largest absolute Gasteiger partial charge is 0.508 e. The molecule has 0 radical (unpaired) electrons. The van der Waals surface area contributed by atoms with Gasteiger partial charge in [0.15, 0.2) is 0 Å². The van der Waals surface area contributed by atoms with Crippen molar-refractivity contribution < 1.29 is 9.90 Å². The first-order chi connectivity index (χ1) is 8.46. The molecule has 2 unspecified atom stereocenters. The monoisotopic (exact) mass is 250 g/mol. The number of hydrogen-bond acceptors (Lipinski definition) is 3. The molecule has 2 atom stereocenters. The molecule has 4 N–H and O–H groups in total. The highest BCUT2D eigenvalue weighted by Gasteiger charge is 2.37. The number of rotatable bonds is 6. The third-order valence-corrected chi connectivity index (χ3v) is 3.42. The van der Waals surface area contributed by atoms with Gasteiger partial charge >= 0.3 is 0 Å². The first-order valence-electron chi connectivity index (χ1n) is 6.33. The third-order valence-electron chi connectivity index (χ3n) is 3.42. The maximum absolute atomic E-state index is 11.9. The quantitative estimate of drug-likeness (QED) is 0.721. The molecule has 1 rings (SSSR count). The molecule has 0 bridgehead atoms. The molecule has 0 saturated heterocycles. The van der Waals surface area contributed by atoms with Gasteiger partial charge in [0.1, 0.15) is 11.3 Å². The first kappa shape index (κ1) is 14.5. The molecule has 0 saturated carbocycles. The first-order valence-corrected chi connectivity index (χ1v) is 6.33. The zero-order valence-corrected chi connectivity index (χ0v) is 11.2. The van der Waals surface area contributed by atoms with E-state index in [9.17, 15) is 9.90 Å². The Morgan fingerprint density at radius 2 is 1.94 bits per heavy atom. The molecule has 1 aromatic rings. The van der Waals surface area contributed by atoms with Crippen LogP contribution in [0, 0.1) is 0 Å². The summed E-state index contributed by atoms with van der Waals surface area (Å²) in [5.41, 5.74) is 5.51. The van der Waals surface area contributed by atoms with Crippen molar-refractivity contribution in [2.24, 2.45) is 5.73 Å². The zero-order chi connectivity index (χ0) is 13.8. The van der Waals surface area contributed by atoms with Crippen molar-refractivity contribution in [1.29, 1.82) is 0 Å². The van der Waals surface area contributed by atoms with E-state index in [1.165, 1.54) is 0 Å². The number of phenols is 1. The Balaban J connectivity index is 3.18. The van der Waals surface area contributed by atoms with Gasteiger partial charge in [0, 0.05) is 6.04 Å². The maximum atomic E-state index is 11.9. The second kappa shape index (κ2) is 5.87. The van der Waals surface area contributed by atoms with Crippen LogP contribution in [0.25, 0.3) is 0 Å². The summed E-state index contributed by atoms with van der Waals surface area (Å²) < 4.78 is 0. The summed E-state index contributed by atoms with van der Waals surface area (Å²) in [7, 11) is 0. The van der Waals surface area contributed by atoms with Crippen molar-refractivity contribution >= 4 is 5.91 Å². The highest BCUT2D eigenvalue weighted by Crippen LogP contribution is 2.27. The summed E-state index contributed by atoms with van der Waals surface area (Å²) in [6, 6.07) is 6.80. The van der Waals surface area contributed by atoms with Gasteiger partial charge in [-0.1, -0.05) is 26.0 Å². The highest BCUT2D eigenvalue weighted by atomic mass is 16.3. The van der Waals surface area contributed by atoms with Crippen molar-refractivity contribution in [3.05, 3.63) is 29.8 Å². The number of hydrogen-bond donors (Lipinski definition) is 3. The van der Waals surface area contributed by atoms with Gasteiger partial charge in [-0.15, -0.1) is 0 Å². The molecule has 0 fully saturated rings. The summed E-state index contributed by atoms with van der Waals surface area (Å²) >= 11 is 0. The van der Waals surface area contributed by atoms with E-state index in [-0.39, 0.29) is 11.8 Å². The molecule has 4 nitrogen and oxygen atoms in total. The maximum Gasteiger partial charge on any atom is 0.242 e. The second-order valence-corrected chi connectivity index (χ2v) is 4.62. The lowest BCUT2D eigenvalue weighted by Gasteiger charge is -2.34. The Morgan fingerprint density at radius 3 is 2.33 bits per heavy atom. The van der Waals surface area contributed by atoms with Gasteiger partial charge in [0.25, 0.3) is 0 Å². The minimum atomic E-state index is -0.872. The fourth-order valence-corrected chi connectivity index (χ4v) is 2.05.